The minimum absolute atomic E-state index is 0.0317. The molecule has 2 amide bonds. The normalized spacial score (nSPS) is 43.0. The van der Waals surface area contributed by atoms with Crippen molar-refractivity contribution in [3.05, 3.63) is 0 Å². The summed E-state index contributed by atoms with van der Waals surface area (Å²) < 4.78 is 13.9. The lowest BCUT2D eigenvalue weighted by molar-refractivity contribution is -0.139. The van der Waals surface area contributed by atoms with Gasteiger partial charge in [-0.1, -0.05) is 0 Å². The topological polar surface area (TPSA) is 121 Å². The number of nitrogens with one attached hydrogen (secondary N) is 4. The van der Waals surface area contributed by atoms with Crippen LogP contribution in [0.25, 0.3) is 0 Å². The summed E-state index contributed by atoms with van der Waals surface area (Å²) in [7, 11) is 0. The van der Waals surface area contributed by atoms with Crippen molar-refractivity contribution in [1.29, 1.82) is 0 Å². The highest BCUT2D eigenvalue weighted by atomic mass is 35.5. The lowest BCUT2D eigenvalue weighted by atomic mass is 9.89. The second-order valence-corrected chi connectivity index (χ2v) is 12.5. The molecule has 0 aromatic carbocycles. The number of hydrazine groups is 1. The largest absolute Gasteiger partial charge is 0.350 e. The Morgan fingerprint density at radius 3 is 2.50 bits per heavy atom. The lowest BCUT2D eigenvalue weighted by Crippen LogP contribution is -2.67. The highest BCUT2D eigenvalue weighted by Gasteiger charge is 2.48. The molecule has 38 heavy (non-hydrogen) atoms. The van der Waals surface area contributed by atoms with E-state index in [4.69, 9.17) is 17.3 Å². The zero-order valence-electron chi connectivity index (χ0n) is 22.0. The van der Waals surface area contributed by atoms with Gasteiger partial charge in [-0.25, -0.2) is 14.8 Å². The predicted molar refractivity (Wildman–Crippen MR) is 142 cm³/mol. The van der Waals surface area contributed by atoms with Crippen molar-refractivity contribution in [3.63, 3.8) is 0 Å². The summed E-state index contributed by atoms with van der Waals surface area (Å²) in [5.41, 5.74) is 9.32. The van der Waals surface area contributed by atoms with Crippen LogP contribution in [0.15, 0.2) is 0 Å². The predicted octanol–water partition coefficient (Wildman–Crippen LogP) is -1.94. The minimum atomic E-state index is -1.00. The van der Waals surface area contributed by atoms with Gasteiger partial charge in [0.05, 0.1) is 29.7 Å². The summed E-state index contributed by atoms with van der Waals surface area (Å²) in [6.45, 7) is 7.36. The van der Waals surface area contributed by atoms with Crippen molar-refractivity contribution in [2.45, 2.75) is 67.7 Å². The van der Waals surface area contributed by atoms with Gasteiger partial charge in [0.25, 0.3) is 0 Å². The highest BCUT2D eigenvalue weighted by molar-refractivity contribution is 6.21. The van der Waals surface area contributed by atoms with Crippen molar-refractivity contribution in [1.82, 2.24) is 41.1 Å². The number of alkyl halides is 2. The smallest absolute Gasteiger partial charge is 0.229 e. The minimum Gasteiger partial charge on any atom is -0.350 e. The Morgan fingerprint density at radius 1 is 0.974 bits per heavy atom. The van der Waals surface area contributed by atoms with Crippen LogP contribution in [0, 0.1) is 11.8 Å². The molecule has 0 aromatic rings. The van der Waals surface area contributed by atoms with E-state index in [9.17, 15) is 14.0 Å². The second kappa shape index (κ2) is 11.4. The van der Waals surface area contributed by atoms with Gasteiger partial charge in [-0.2, -0.15) is 0 Å². The van der Waals surface area contributed by atoms with E-state index >= 15 is 0 Å². The molecule has 7 unspecified atom stereocenters. The summed E-state index contributed by atoms with van der Waals surface area (Å²) in [4.78, 5) is 34.0. The van der Waals surface area contributed by atoms with Gasteiger partial charge in [0.15, 0.2) is 0 Å². The van der Waals surface area contributed by atoms with Crippen molar-refractivity contribution < 1.29 is 14.0 Å². The first kappa shape index (κ1) is 27.1. The Hall–Kier alpha value is -1.12. The van der Waals surface area contributed by atoms with Crippen molar-refractivity contribution in [3.8, 4) is 0 Å². The summed E-state index contributed by atoms with van der Waals surface area (Å²) in [5.74, 6) is -0.296. The quantitative estimate of drug-likeness (QED) is 0.252. The van der Waals surface area contributed by atoms with Crippen LogP contribution < -0.4 is 27.1 Å². The molecular weight excluding hydrogens is 513 g/mol. The summed E-state index contributed by atoms with van der Waals surface area (Å²) >= 11 is 6.86. The zero-order valence-corrected chi connectivity index (χ0v) is 22.8. The third-order valence-electron chi connectivity index (χ3n) is 9.68. The Morgan fingerprint density at radius 2 is 1.74 bits per heavy atom. The molecule has 7 saturated heterocycles. The van der Waals surface area contributed by atoms with E-state index in [0.717, 1.165) is 65.0 Å². The number of nitrogens with two attached hydrogens (primary N) is 1. The first-order chi connectivity index (χ1) is 18.4. The van der Waals surface area contributed by atoms with Gasteiger partial charge >= 0.3 is 0 Å². The van der Waals surface area contributed by atoms with Crippen LogP contribution in [0.1, 0.15) is 25.7 Å². The first-order valence-electron chi connectivity index (χ1n) is 14.5. The molecule has 2 bridgehead atoms. The number of carbonyl (C=O) groups is 2. The van der Waals surface area contributed by atoms with Crippen LogP contribution in [0.4, 0.5) is 4.39 Å². The molecule has 6 N–H and O–H groups in total. The molecule has 7 aliphatic heterocycles. The fraction of sp³-hybridized carbons (Fsp3) is 0.920. The SMILES string of the molecule is NC1NN2CC(F)CNC2C1C(=O)NC1CNCC(Cl)C1N1CCC(C(=O)N2CCN3CCC2CC3)CC1. The number of fused-ring (bicyclic) bond motifs is 5. The van der Waals surface area contributed by atoms with Gasteiger partial charge in [-0.3, -0.25) is 19.8 Å². The van der Waals surface area contributed by atoms with Gasteiger partial charge in [0.1, 0.15) is 6.17 Å². The number of likely N-dealkylation sites (tertiary alicyclic amines) is 1. The number of amides is 2. The van der Waals surface area contributed by atoms with E-state index in [2.05, 4.69) is 36.1 Å². The van der Waals surface area contributed by atoms with Crippen LogP contribution in [0.5, 0.6) is 0 Å². The Bertz CT molecular complexity index is 872. The molecule has 11 nitrogen and oxygen atoms in total. The molecule has 0 saturated carbocycles. The Balaban J connectivity index is 1.07. The molecule has 0 aromatic heterocycles. The number of hydrogen-bond donors (Lipinski definition) is 5. The van der Waals surface area contributed by atoms with E-state index in [1.807, 2.05) is 0 Å². The summed E-state index contributed by atoms with van der Waals surface area (Å²) in [6, 6.07) is 0.188. The molecule has 7 aliphatic rings. The lowest BCUT2D eigenvalue weighted by Gasteiger charge is -2.46. The van der Waals surface area contributed by atoms with Crippen LogP contribution in [0.3, 0.4) is 0 Å². The average molecular weight is 556 g/mol. The molecule has 214 valence electrons. The molecule has 0 spiro atoms. The fourth-order valence-electron chi connectivity index (χ4n) is 7.60. The van der Waals surface area contributed by atoms with E-state index in [1.54, 1.807) is 5.01 Å². The van der Waals surface area contributed by atoms with Crippen LogP contribution in [-0.4, -0.2) is 139 Å². The maximum absolute atomic E-state index is 13.9. The van der Waals surface area contributed by atoms with E-state index < -0.39 is 18.3 Å². The Labute approximate surface area is 229 Å². The third kappa shape index (κ3) is 5.30. The summed E-state index contributed by atoms with van der Waals surface area (Å²) in [6.07, 6.45) is 1.90. The van der Waals surface area contributed by atoms with Gasteiger partial charge < -0.3 is 26.2 Å². The van der Waals surface area contributed by atoms with Gasteiger partial charge in [-0.15, -0.1) is 11.6 Å². The maximum atomic E-state index is 13.9. The summed E-state index contributed by atoms with van der Waals surface area (Å²) in [5, 5.41) is 11.3. The molecule has 7 rings (SSSR count). The molecule has 13 heteroatoms. The van der Waals surface area contributed by atoms with Crippen LogP contribution in [0.2, 0.25) is 0 Å². The van der Waals surface area contributed by atoms with Crippen molar-refractivity contribution >= 4 is 23.4 Å². The van der Waals surface area contributed by atoms with E-state index in [0.29, 0.717) is 25.0 Å². The maximum Gasteiger partial charge on any atom is 0.229 e. The number of carbonyl (C=O) groups excluding carboxylic acids is 2. The number of halogens is 2. The van der Waals surface area contributed by atoms with Gasteiger partial charge in [0, 0.05) is 70.4 Å². The van der Waals surface area contributed by atoms with Crippen molar-refractivity contribution in [2.24, 2.45) is 17.6 Å². The molecule has 7 atom stereocenters. The molecule has 0 aliphatic carbocycles. The average Bonchev–Trinajstić information content (AvgIpc) is 3.03. The number of piperidine rings is 3. The number of hydrogen-bond acceptors (Lipinski definition) is 9. The number of rotatable bonds is 4. The van der Waals surface area contributed by atoms with Gasteiger partial charge in [0.2, 0.25) is 11.8 Å². The molecule has 0 radical (unpaired) electrons. The fourth-order valence-corrected chi connectivity index (χ4v) is 8.05. The highest BCUT2D eigenvalue weighted by Crippen LogP contribution is 2.30. The van der Waals surface area contributed by atoms with Crippen LogP contribution >= 0.6 is 11.6 Å². The van der Waals surface area contributed by atoms with Crippen LogP contribution in [-0.2, 0) is 9.59 Å². The molecule has 7 fully saturated rings. The van der Waals surface area contributed by atoms with E-state index in [-0.39, 0.29) is 48.5 Å². The molecular formula is C25H43ClFN9O2. The zero-order chi connectivity index (χ0) is 26.4. The van der Waals surface area contributed by atoms with E-state index in [1.165, 1.54) is 0 Å². The van der Waals surface area contributed by atoms with Crippen molar-refractivity contribution in [2.75, 3.05) is 65.4 Å². The first-order valence-corrected chi connectivity index (χ1v) is 14.9. The third-order valence-corrected chi connectivity index (χ3v) is 10.1. The molecule has 7 heterocycles. The Kier molecular flexibility index (Phi) is 8.12. The number of nitrogens with zero attached hydrogens (tertiary/aromatic N) is 4. The monoisotopic (exact) mass is 555 g/mol. The standard InChI is InChI=1S/C25H43ClFN9O2/c26-18-12-29-13-19(31-24(37)20-22(28)32-36-14-16(27)11-30-23(20)36)21(18)34-7-1-15(2-8-34)25(38)35-10-9-33-5-3-17(35)4-6-33/h15-23,29-30,32H,1-14,28H2,(H,31,37). The second-order valence-electron chi connectivity index (χ2n) is 12.0. The van der Waals surface area contributed by atoms with Gasteiger partial charge in [-0.05, 0) is 38.8 Å².